The second-order valence-electron chi connectivity index (χ2n) is 20.0. The molecule has 0 bridgehead atoms. The predicted molar refractivity (Wildman–Crippen MR) is 341 cm³/mol. The van der Waals surface area contributed by atoms with E-state index in [0.717, 1.165) is 84.9 Å². The molecule has 4 N–H and O–H groups in total. The molecule has 5 aromatic carbocycles. The minimum atomic E-state index is -1.31. The van der Waals surface area contributed by atoms with Gasteiger partial charge in [-0.05, 0) is 84.9 Å². The first-order chi connectivity index (χ1) is 47.2. The second kappa shape index (κ2) is 41.4. The molecular formula is C66H74N4O28. The SMILES string of the molecule is COCCOC(=O)c1cc(NC(=O)c2cc(C(=O)Nc3cc(C(=O)OCCOC)cc(C(=O)OCCOC)c3)c(C(=O)Nc3cc(C(=O)OCCOC)cc(C(=O)OCCOC)c3)cc2C(=O)Nc2cc(C(=O)OCCOC)cc(C(=O)OCCOC)c2)cc(C(=O)OCCOC)c1. The predicted octanol–water partition coefficient (Wildman–Crippen LogP) is 5.12. The lowest BCUT2D eigenvalue weighted by molar-refractivity contribution is 0.0371. The highest BCUT2D eigenvalue weighted by Gasteiger charge is 2.30. The van der Waals surface area contributed by atoms with E-state index in [9.17, 15) is 38.4 Å². The summed E-state index contributed by atoms with van der Waals surface area (Å²) in [6, 6.07) is 14.7. The molecule has 0 radical (unpaired) electrons. The van der Waals surface area contributed by atoms with Gasteiger partial charge in [0.1, 0.15) is 52.9 Å². The molecule has 98 heavy (non-hydrogen) atoms. The number of esters is 8. The van der Waals surface area contributed by atoms with Gasteiger partial charge in [0.2, 0.25) is 0 Å². The number of rotatable bonds is 40. The van der Waals surface area contributed by atoms with Crippen molar-refractivity contribution < 1.29 is 133 Å². The Morgan fingerprint density at radius 2 is 0.337 bits per heavy atom. The zero-order chi connectivity index (χ0) is 71.5. The third-order valence-electron chi connectivity index (χ3n) is 13.0. The number of hydrogen-bond donors (Lipinski definition) is 4. The fourth-order valence-corrected chi connectivity index (χ4v) is 8.29. The van der Waals surface area contributed by atoms with Gasteiger partial charge in [-0.1, -0.05) is 0 Å². The highest BCUT2D eigenvalue weighted by molar-refractivity contribution is 6.22. The second-order valence-corrected chi connectivity index (χ2v) is 20.0. The summed E-state index contributed by atoms with van der Waals surface area (Å²) in [6.07, 6.45) is 0. The monoisotopic (exact) mass is 1370 g/mol. The summed E-state index contributed by atoms with van der Waals surface area (Å²) in [7, 11) is 10.8. The van der Waals surface area contributed by atoms with E-state index in [1.807, 2.05) is 0 Å². The molecule has 0 aliphatic rings. The van der Waals surface area contributed by atoms with Crippen LogP contribution in [0.15, 0.2) is 84.9 Å². The minimum Gasteiger partial charge on any atom is -0.460 e. The van der Waals surface area contributed by atoms with Gasteiger partial charge in [-0.2, -0.15) is 0 Å². The summed E-state index contributed by atoms with van der Waals surface area (Å²) >= 11 is 0. The molecule has 5 aromatic rings. The Labute approximate surface area is 561 Å². The minimum absolute atomic E-state index is 0.0395. The van der Waals surface area contributed by atoms with Crippen LogP contribution in [0.25, 0.3) is 0 Å². The van der Waals surface area contributed by atoms with Crippen LogP contribution in [-0.4, -0.2) is 234 Å². The number of carbonyl (C=O) groups excluding carboxylic acids is 12. The van der Waals surface area contributed by atoms with E-state index >= 15 is 19.2 Å². The molecule has 0 fully saturated rings. The maximum absolute atomic E-state index is 15.3. The van der Waals surface area contributed by atoms with Crippen molar-refractivity contribution in [2.45, 2.75) is 0 Å². The molecule has 4 amide bonds. The Hall–Kier alpha value is -10.6. The average molecular weight is 1370 g/mol. The molecule has 32 heteroatoms. The maximum Gasteiger partial charge on any atom is 0.338 e. The maximum atomic E-state index is 15.3. The van der Waals surface area contributed by atoms with Crippen molar-refractivity contribution in [2.24, 2.45) is 0 Å². The fourth-order valence-electron chi connectivity index (χ4n) is 8.29. The molecule has 0 spiro atoms. The Bertz CT molecular complexity index is 3040. The van der Waals surface area contributed by atoms with E-state index in [1.54, 1.807) is 0 Å². The number of nitrogens with one attached hydrogen (secondary N) is 4. The van der Waals surface area contributed by atoms with E-state index in [2.05, 4.69) is 21.3 Å². The van der Waals surface area contributed by atoms with Gasteiger partial charge in [-0.15, -0.1) is 0 Å². The Morgan fingerprint density at radius 1 is 0.204 bits per heavy atom. The number of benzene rings is 5. The number of hydrogen-bond acceptors (Lipinski definition) is 28. The van der Waals surface area contributed by atoms with Crippen LogP contribution >= 0.6 is 0 Å². The first kappa shape index (κ1) is 78.1. The molecule has 0 aliphatic heterocycles. The lowest BCUT2D eigenvalue weighted by atomic mass is 9.95. The zero-order valence-electron chi connectivity index (χ0n) is 54.8. The molecule has 32 nitrogen and oxygen atoms in total. The van der Waals surface area contributed by atoms with Gasteiger partial charge in [0.15, 0.2) is 0 Å². The zero-order valence-corrected chi connectivity index (χ0v) is 54.8. The highest BCUT2D eigenvalue weighted by Crippen LogP contribution is 2.28. The van der Waals surface area contributed by atoms with Crippen molar-refractivity contribution in [3.63, 3.8) is 0 Å². The third kappa shape index (κ3) is 24.6. The van der Waals surface area contributed by atoms with Gasteiger partial charge in [0.05, 0.1) is 120 Å². The molecule has 526 valence electrons. The van der Waals surface area contributed by atoms with Crippen molar-refractivity contribution in [3.05, 3.63) is 152 Å². The summed E-state index contributed by atoms with van der Waals surface area (Å²) < 4.78 is 82.4. The first-order valence-electron chi connectivity index (χ1n) is 29.6. The van der Waals surface area contributed by atoms with Gasteiger partial charge in [0.25, 0.3) is 23.6 Å². The van der Waals surface area contributed by atoms with Crippen LogP contribution in [0.5, 0.6) is 0 Å². The molecule has 0 heterocycles. The third-order valence-corrected chi connectivity index (χ3v) is 13.0. The van der Waals surface area contributed by atoms with Gasteiger partial charge in [-0.3, -0.25) is 19.2 Å². The first-order valence-corrected chi connectivity index (χ1v) is 29.6. The lowest BCUT2D eigenvalue weighted by Crippen LogP contribution is -2.26. The van der Waals surface area contributed by atoms with Crippen molar-refractivity contribution in [2.75, 3.05) is 184 Å². The fraction of sp³-hybridized carbons (Fsp3) is 0.364. The van der Waals surface area contributed by atoms with Gasteiger partial charge in [0, 0.05) is 79.6 Å². The summed E-state index contributed by atoms with van der Waals surface area (Å²) in [6.45, 7) is -2.35. The molecule has 0 saturated heterocycles. The summed E-state index contributed by atoms with van der Waals surface area (Å²) in [5.74, 6) is -13.3. The van der Waals surface area contributed by atoms with Gasteiger partial charge >= 0.3 is 47.8 Å². The van der Waals surface area contributed by atoms with Crippen LogP contribution in [0.4, 0.5) is 22.7 Å². The molecule has 0 aromatic heterocycles. The number of carbonyl (C=O) groups is 12. The molecule has 5 rings (SSSR count). The van der Waals surface area contributed by atoms with Crippen LogP contribution < -0.4 is 21.3 Å². The van der Waals surface area contributed by atoms with E-state index in [-0.39, 0.29) is 173 Å². The summed E-state index contributed by atoms with van der Waals surface area (Å²) in [4.78, 5) is 169. The van der Waals surface area contributed by atoms with Crippen molar-refractivity contribution >= 4 is 94.1 Å². The van der Waals surface area contributed by atoms with E-state index in [1.165, 1.54) is 56.9 Å². The van der Waals surface area contributed by atoms with Gasteiger partial charge in [-0.25, -0.2) is 38.4 Å². The molecule has 0 aliphatic carbocycles. The number of amides is 4. The Morgan fingerprint density at radius 3 is 0.459 bits per heavy atom. The molecular weight excluding hydrogens is 1300 g/mol. The van der Waals surface area contributed by atoms with Crippen molar-refractivity contribution in [1.82, 2.24) is 0 Å². The molecule has 0 saturated carbocycles. The number of ether oxygens (including phenoxy) is 16. The van der Waals surface area contributed by atoms with Crippen LogP contribution in [0, 0.1) is 0 Å². The molecule has 0 unspecified atom stereocenters. The normalized spacial score (nSPS) is 10.7. The average Bonchev–Trinajstić information content (AvgIpc) is 0.767. The molecule has 0 atom stereocenters. The Balaban J connectivity index is 1.86. The van der Waals surface area contributed by atoms with Crippen LogP contribution in [0.2, 0.25) is 0 Å². The Kier molecular flexibility index (Phi) is 33.0. The van der Waals surface area contributed by atoms with Crippen molar-refractivity contribution in [1.29, 1.82) is 0 Å². The van der Waals surface area contributed by atoms with E-state index in [4.69, 9.17) is 75.8 Å². The van der Waals surface area contributed by atoms with Gasteiger partial charge < -0.3 is 97.1 Å². The van der Waals surface area contributed by atoms with E-state index in [0.29, 0.717) is 0 Å². The van der Waals surface area contributed by atoms with Crippen molar-refractivity contribution in [3.8, 4) is 0 Å². The highest BCUT2D eigenvalue weighted by atomic mass is 16.6. The van der Waals surface area contributed by atoms with E-state index < -0.39 is 93.6 Å². The van der Waals surface area contributed by atoms with Crippen LogP contribution in [-0.2, 0) is 75.8 Å². The number of anilines is 4. The largest absolute Gasteiger partial charge is 0.460 e. The van der Waals surface area contributed by atoms with Crippen LogP contribution in [0.1, 0.15) is 124 Å². The topological polar surface area (TPSA) is 401 Å². The summed E-state index contributed by atoms with van der Waals surface area (Å²) in [5.41, 5.74) is -6.97. The number of methoxy groups -OCH3 is 8. The summed E-state index contributed by atoms with van der Waals surface area (Å²) in [5, 5.41) is 10.0. The van der Waals surface area contributed by atoms with Crippen LogP contribution in [0.3, 0.4) is 0 Å². The lowest BCUT2D eigenvalue weighted by Gasteiger charge is -2.18. The quantitative estimate of drug-likeness (QED) is 0.0224. The smallest absolute Gasteiger partial charge is 0.338 e. The standard InChI is InChI=1S/C66H74N4O28/c1-83-9-17-91-59(75)39-25-40(60(76)92-18-10-84-2)30-47(29-39)67-55(71)51-37-53(57(73)69-49-33-43(63(79)95-21-13-87-5)27-44(34-49)64(80)96-22-14-88-6)54(58(74)70-50-35-45(65(81)97-23-15-89-7)28-46(36-50)66(82)98-24-16-90-8)38-52(51)56(72)68-48-31-41(61(77)93-19-11-85-3)26-42(32-48)62(78)94-20-12-86-4/h25-38H,9-24H2,1-8H3,(H,67,71)(H,68,72)(H,69,73)(H,70,74).